The van der Waals surface area contributed by atoms with Crippen LogP contribution in [0, 0.1) is 0 Å². The number of hydrogen-bond acceptors (Lipinski definition) is 2. The van der Waals surface area contributed by atoms with Gasteiger partial charge in [0.2, 0.25) is 0 Å². The van der Waals surface area contributed by atoms with Gasteiger partial charge in [0.25, 0.3) is 0 Å². The number of carboxylic acids is 1. The second-order valence-corrected chi connectivity index (χ2v) is 5.90. The predicted octanol–water partition coefficient (Wildman–Crippen LogP) is 4.45. The van der Waals surface area contributed by atoms with Crippen LogP contribution in [0.5, 0.6) is 0 Å². The SMILES string of the molecule is O=C(O)c1cccc2ccn(Cc3ccc(-c4ccccn4)cc3)c12. The summed E-state index contributed by atoms with van der Waals surface area (Å²) in [6, 6.07) is 21.3. The van der Waals surface area contributed by atoms with Crippen molar-refractivity contribution in [3.8, 4) is 11.3 Å². The third-order valence-corrected chi connectivity index (χ3v) is 4.29. The van der Waals surface area contributed by atoms with Gasteiger partial charge in [-0.3, -0.25) is 4.98 Å². The second kappa shape index (κ2) is 6.24. The molecule has 4 aromatic rings. The first kappa shape index (κ1) is 15.1. The molecular weight excluding hydrogens is 312 g/mol. The molecule has 4 nitrogen and oxygen atoms in total. The number of aromatic nitrogens is 2. The van der Waals surface area contributed by atoms with E-state index < -0.39 is 5.97 Å². The van der Waals surface area contributed by atoms with Crippen molar-refractivity contribution < 1.29 is 9.90 Å². The van der Waals surface area contributed by atoms with Gasteiger partial charge in [-0.15, -0.1) is 0 Å². The summed E-state index contributed by atoms with van der Waals surface area (Å²) in [7, 11) is 0. The maximum Gasteiger partial charge on any atom is 0.337 e. The van der Waals surface area contributed by atoms with Crippen LogP contribution in [0.2, 0.25) is 0 Å². The zero-order valence-electron chi connectivity index (χ0n) is 13.5. The Hall–Kier alpha value is -3.40. The Bertz CT molecular complexity index is 1030. The molecule has 0 spiro atoms. The van der Waals surface area contributed by atoms with Crippen LogP contribution >= 0.6 is 0 Å². The largest absolute Gasteiger partial charge is 0.478 e. The van der Waals surface area contributed by atoms with Crippen LogP contribution in [-0.2, 0) is 6.54 Å². The summed E-state index contributed by atoms with van der Waals surface area (Å²) in [6.07, 6.45) is 3.71. The van der Waals surface area contributed by atoms with Gasteiger partial charge < -0.3 is 9.67 Å². The second-order valence-electron chi connectivity index (χ2n) is 5.90. The monoisotopic (exact) mass is 328 g/mol. The summed E-state index contributed by atoms with van der Waals surface area (Å²) in [4.78, 5) is 15.9. The number of pyridine rings is 1. The average molecular weight is 328 g/mol. The van der Waals surface area contributed by atoms with Gasteiger partial charge in [-0.05, 0) is 29.8 Å². The Kier molecular flexibility index (Phi) is 3.78. The van der Waals surface area contributed by atoms with Crippen LogP contribution < -0.4 is 0 Å². The molecule has 0 bridgehead atoms. The Morgan fingerprint density at radius 2 is 1.80 bits per heavy atom. The fourth-order valence-corrected chi connectivity index (χ4v) is 3.08. The fourth-order valence-electron chi connectivity index (χ4n) is 3.08. The van der Waals surface area contributed by atoms with Crippen molar-refractivity contribution in [3.63, 3.8) is 0 Å². The predicted molar refractivity (Wildman–Crippen MR) is 97.7 cm³/mol. The molecule has 0 aliphatic rings. The topological polar surface area (TPSA) is 55.1 Å². The van der Waals surface area contributed by atoms with E-state index in [2.05, 4.69) is 17.1 Å². The zero-order valence-corrected chi connectivity index (χ0v) is 13.5. The van der Waals surface area contributed by atoms with Crippen molar-refractivity contribution in [2.24, 2.45) is 0 Å². The molecule has 0 fully saturated rings. The molecule has 4 heteroatoms. The number of carbonyl (C=O) groups is 1. The van der Waals surface area contributed by atoms with Gasteiger partial charge in [-0.1, -0.05) is 42.5 Å². The molecule has 2 aromatic carbocycles. The minimum Gasteiger partial charge on any atom is -0.478 e. The standard InChI is InChI=1S/C21H16N2O2/c24-21(25)18-5-3-4-17-11-13-23(20(17)18)14-15-7-9-16(10-8-15)19-6-1-2-12-22-19/h1-13H,14H2,(H,24,25). The van der Waals surface area contributed by atoms with Crippen LogP contribution in [0.4, 0.5) is 0 Å². The van der Waals surface area contributed by atoms with E-state index in [0.717, 1.165) is 27.7 Å². The van der Waals surface area contributed by atoms with Gasteiger partial charge in [0, 0.05) is 29.9 Å². The zero-order chi connectivity index (χ0) is 17.2. The van der Waals surface area contributed by atoms with Crippen molar-refractivity contribution in [3.05, 3.63) is 90.3 Å². The quantitative estimate of drug-likeness (QED) is 0.602. The van der Waals surface area contributed by atoms with E-state index in [1.807, 2.05) is 53.2 Å². The summed E-state index contributed by atoms with van der Waals surface area (Å²) in [5, 5.41) is 10.4. The summed E-state index contributed by atoms with van der Waals surface area (Å²) in [5.74, 6) is -0.906. The van der Waals surface area contributed by atoms with Gasteiger partial charge >= 0.3 is 5.97 Å². The van der Waals surface area contributed by atoms with Gasteiger partial charge in [-0.25, -0.2) is 4.79 Å². The van der Waals surface area contributed by atoms with E-state index in [1.165, 1.54) is 0 Å². The third-order valence-electron chi connectivity index (χ3n) is 4.29. The van der Waals surface area contributed by atoms with E-state index in [0.29, 0.717) is 12.1 Å². The van der Waals surface area contributed by atoms with Crippen LogP contribution in [0.3, 0.4) is 0 Å². The molecule has 4 rings (SSSR count). The normalized spacial score (nSPS) is 10.9. The van der Waals surface area contributed by atoms with Crippen molar-refractivity contribution in [2.75, 3.05) is 0 Å². The summed E-state index contributed by atoms with van der Waals surface area (Å²) in [6.45, 7) is 0.621. The summed E-state index contributed by atoms with van der Waals surface area (Å²) >= 11 is 0. The third kappa shape index (κ3) is 2.90. The van der Waals surface area contributed by atoms with E-state index in [9.17, 15) is 9.90 Å². The highest BCUT2D eigenvalue weighted by molar-refractivity contribution is 6.02. The molecule has 0 saturated heterocycles. The number of aromatic carboxylic acids is 1. The molecule has 0 aliphatic heterocycles. The molecule has 0 unspecified atom stereocenters. The lowest BCUT2D eigenvalue weighted by atomic mass is 10.1. The molecule has 2 heterocycles. The highest BCUT2D eigenvalue weighted by Crippen LogP contribution is 2.23. The van der Waals surface area contributed by atoms with Crippen LogP contribution in [0.15, 0.2) is 79.1 Å². The van der Waals surface area contributed by atoms with Gasteiger partial charge in [-0.2, -0.15) is 0 Å². The first-order valence-electron chi connectivity index (χ1n) is 8.04. The Morgan fingerprint density at radius 1 is 0.960 bits per heavy atom. The molecule has 1 N–H and O–H groups in total. The number of fused-ring (bicyclic) bond motifs is 1. The first-order valence-corrected chi connectivity index (χ1v) is 8.04. The van der Waals surface area contributed by atoms with E-state index in [-0.39, 0.29) is 0 Å². The van der Waals surface area contributed by atoms with Crippen LogP contribution in [0.1, 0.15) is 15.9 Å². The van der Waals surface area contributed by atoms with E-state index in [1.54, 1.807) is 18.3 Å². The lowest BCUT2D eigenvalue weighted by molar-refractivity contribution is 0.0698. The van der Waals surface area contributed by atoms with E-state index in [4.69, 9.17) is 0 Å². The average Bonchev–Trinajstić information content (AvgIpc) is 3.06. The smallest absolute Gasteiger partial charge is 0.337 e. The number of benzene rings is 2. The molecular formula is C21H16N2O2. The highest BCUT2D eigenvalue weighted by atomic mass is 16.4. The number of rotatable bonds is 4. The van der Waals surface area contributed by atoms with Gasteiger partial charge in [0.15, 0.2) is 0 Å². The molecule has 122 valence electrons. The maximum atomic E-state index is 11.5. The van der Waals surface area contributed by atoms with Crippen molar-refractivity contribution in [1.82, 2.24) is 9.55 Å². The molecule has 25 heavy (non-hydrogen) atoms. The van der Waals surface area contributed by atoms with Crippen molar-refractivity contribution in [1.29, 1.82) is 0 Å². The molecule has 0 radical (unpaired) electrons. The lowest BCUT2D eigenvalue weighted by Gasteiger charge is -2.09. The first-order chi connectivity index (χ1) is 12.2. The van der Waals surface area contributed by atoms with Gasteiger partial charge in [0.1, 0.15) is 0 Å². The van der Waals surface area contributed by atoms with Crippen LogP contribution in [0.25, 0.3) is 22.2 Å². The molecule has 0 aliphatic carbocycles. The molecule has 0 atom stereocenters. The summed E-state index contributed by atoms with van der Waals surface area (Å²) < 4.78 is 1.98. The molecule has 0 saturated carbocycles. The highest BCUT2D eigenvalue weighted by Gasteiger charge is 2.12. The fraction of sp³-hybridized carbons (Fsp3) is 0.0476. The van der Waals surface area contributed by atoms with Crippen molar-refractivity contribution in [2.45, 2.75) is 6.54 Å². The Balaban J connectivity index is 1.67. The number of carboxylic acid groups (broad SMARTS) is 1. The number of nitrogens with zero attached hydrogens (tertiary/aromatic N) is 2. The molecule has 2 aromatic heterocycles. The molecule has 0 amide bonds. The Labute approximate surface area is 145 Å². The minimum atomic E-state index is -0.906. The minimum absolute atomic E-state index is 0.326. The summed E-state index contributed by atoms with van der Waals surface area (Å²) in [5.41, 5.74) is 4.19. The Morgan fingerprint density at radius 3 is 2.52 bits per heavy atom. The van der Waals surface area contributed by atoms with Gasteiger partial charge in [0.05, 0.1) is 16.8 Å². The number of para-hydroxylation sites is 1. The maximum absolute atomic E-state index is 11.5. The van der Waals surface area contributed by atoms with Crippen LogP contribution in [-0.4, -0.2) is 20.6 Å². The lowest BCUT2D eigenvalue weighted by Crippen LogP contribution is -2.04. The van der Waals surface area contributed by atoms with E-state index >= 15 is 0 Å². The number of hydrogen-bond donors (Lipinski definition) is 1. The van der Waals surface area contributed by atoms with Crippen molar-refractivity contribution >= 4 is 16.9 Å².